The lowest BCUT2D eigenvalue weighted by Gasteiger charge is -2.40. The molecule has 1 aromatic rings. The normalized spacial score (nSPS) is 16.2. The van der Waals surface area contributed by atoms with Crippen LogP contribution in [0.15, 0.2) is 30.3 Å². The first-order chi connectivity index (χ1) is 11.8. The smallest absolute Gasteiger partial charge is 0.317 e. The summed E-state index contributed by atoms with van der Waals surface area (Å²) in [4.78, 5) is 27.9. The zero-order valence-electron chi connectivity index (χ0n) is 15.6. The van der Waals surface area contributed by atoms with E-state index in [0.29, 0.717) is 13.1 Å². The summed E-state index contributed by atoms with van der Waals surface area (Å²) < 4.78 is 0. The number of likely N-dealkylation sites (N-methyl/N-ethyl adjacent to an activating group) is 1. The van der Waals surface area contributed by atoms with E-state index in [2.05, 4.69) is 12.1 Å². The molecule has 1 heterocycles. The Morgan fingerprint density at radius 1 is 1.20 bits per heavy atom. The molecule has 25 heavy (non-hydrogen) atoms. The molecule has 1 aromatic carbocycles. The molecular weight excluding hydrogens is 316 g/mol. The molecule has 0 bridgehead atoms. The van der Waals surface area contributed by atoms with Crippen LogP contribution < -0.4 is 0 Å². The number of carboxylic acids is 1. The molecule has 1 aliphatic rings. The second-order valence-corrected chi connectivity index (χ2v) is 7.53. The molecule has 0 aromatic heterocycles. The van der Waals surface area contributed by atoms with E-state index in [-0.39, 0.29) is 18.5 Å². The van der Waals surface area contributed by atoms with Gasteiger partial charge in [0.2, 0.25) is 5.91 Å². The summed E-state index contributed by atoms with van der Waals surface area (Å²) in [5.74, 6) is -0.597. The van der Waals surface area contributed by atoms with Crippen LogP contribution in [0.4, 0.5) is 0 Å². The number of nitrogens with zero attached hydrogens (tertiary/aromatic N) is 2. The van der Waals surface area contributed by atoms with Crippen molar-refractivity contribution in [3.05, 3.63) is 35.9 Å². The van der Waals surface area contributed by atoms with Gasteiger partial charge >= 0.3 is 5.97 Å². The van der Waals surface area contributed by atoms with E-state index in [1.807, 2.05) is 48.8 Å². The van der Waals surface area contributed by atoms with Crippen molar-refractivity contribution < 1.29 is 14.7 Å². The molecule has 0 aliphatic carbocycles. The average Bonchev–Trinajstić information content (AvgIpc) is 2.59. The van der Waals surface area contributed by atoms with Crippen LogP contribution in [0.2, 0.25) is 0 Å². The predicted octanol–water partition coefficient (Wildman–Crippen LogP) is 2.65. The van der Waals surface area contributed by atoms with Crippen LogP contribution in [0.25, 0.3) is 0 Å². The fourth-order valence-corrected chi connectivity index (χ4v) is 3.72. The third kappa shape index (κ3) is 5.30. The first-order valence-corrected chi connectivity index (χ1v) is 9.12. The van der Waals surface area contributed by atoms with E-state index in [1.165, 1.54) is 5.56 Å². The summed E-state index contributed by atoms with van der Waals surface area (Å²) >= 11 is 0. The van der Waals surface area contributed by atoms with Crippen molar-refractivity contribution in [1.29, 1.82) is 0 Å². The lowest BCUT2D eigenvalue weighted by atomic mass is 9.83. The third-order valence-corrected chi connectivity index (χ3v) is 5.08. The van der Waals surface area contributed by atoms with Crippen molar-refractivity contribution >= 4 is 11.9 Å². The minimum atomic E-state index is -0.788. The van der Waals surface area contributed by atoms with E-state index >= 15 is 0 Å². The van der Waals surface area contributed by atoms with Gasteiger partial charge in [0.1, 0.15) is 0 Å². The molecule has 1 aliphatic heterocycles. The number of likely N-dealkylation sites (tertiary alicyclic amines) is 1. The van der Waals surface area contributed by atoms with E-state index in [0.717, 1.165) is 25.8 Å². The van der Waals surface area contributed by atoms with Crippen molar-refractivity contribution in [3.8, 4) is 0 Å². The largest absolute Gasteiger partial charge is 0.480 e. The van der Waals surface area contributed by atoms with Crippen molar-refractivity contribution in [1.82, 2.24) is 9.80 Å². The first-order valence-electron chi connectivity index (χ1n) is 9.12. The minimum Gasteiger partial charge on any atom is -0.480 e. The topological polar surface area (TPSA) is 60.9 Å². The summed E-state index contributed by atoms with van der Waals surface area (Å²) in [5.41, 5.74) is 0.744. The number of piperidine rings is 1. The highest BCUT2D eigenvalue weighted by Gasteiger charge is 2.35. The summed E-state index contributed by atoms with van der Waals surface area (Å²) in [5, 5.41) is 9.03. The van der Waals surface area contributed by atoms with Crippen LogP contribution >= 0.6 is 0 Å². The van der Waals surface area contributed by atoms with Crippen molar-refractivity contribution in [3.63, 3.8) is 0 Å². The Morgan fingerprint density at radius 2 is 1.80 bits per heavy atom. The summed E-state index contributed by atoms with van der Waals surface area (Å²) in [7, 11) is 0. The van der Waals surface area contributed by atoms with Crippen LogP contribution in [-0.2, 0) is 16.0 Å². The predicted molar refractivity (Wildman–Crippen MR) is 98.4 cm³/mol. The van der Waals surface area contributed by atoms with Gasteiger partial charge in [-0.1, -0.05) is 51.1 Å². The maximum Gasteiger partial charge on any atom is 0.317 e. The fraction of sp³-hybridized carbons (Fsp3) is 0.600. The molecule has 0 atom stereocenters. The molecule has 0 unspecified atom stereocenters. The second kappa shape index (κ2) is 8.48. The number of carbonyl (C=O) groups is 2. The minimum absolute atomic E-state index is 0.0780. The van der Waals surface area contributed by atoms with Crippen LogP contribution in [0.3, 0.4) is 0 Å². The molecule has 1 N–H and O–H groups in total. The molecule has 0 saturated carbocycles. The highest BCUT2D eigenvalue weighted by molar-refractivity contribution is 5.82. The number of amides is 1. The molecule has 5 nitrogen and oxygen atoms in total. The van der Waals surface area contributed by atoms with Gasteiger partial charge in [-0.05, 0) is 31.4 Å². The van der Waals surface area contributed by atoms with E-state index in [9.17, 15) is 9.59 Å². The summed E-state index contributed by atoms with van der Waals surface area (Å²) in [6, 6.07) is 10.4. The van der Waals surface area contributed by atoms with Gasteiger partial charge in [-0.2, -0.15) is 0 Å². The zero-order chi connectivity index (χ0) is 18.4. The van der Waals surface area contributed by atoms with E-state index < -0.39 is 11.4 Å². The standard InChI is InChI=1S/C20H30N2O3/c1-4-21(15-18(23)24)17-10-12-22(13-11-17)19(25)20(2,3)14-16-8-6-5-7-9-16/h5-9,17H,4,10-15H2,1-3H3,(H,23,24). The van der Waals surface area contributed by atoms with Gasteiger partial charge in [0, 0.05) is 24.5 Å². The fourth-order valence-electron chi connectivity index (χ4n) is 3.72. The van der Waals surface area contributed by atoms with Crippen LogP contribution in [0.5, 0.6) is 0 Å². The van der Waals surface area contributed by atoms with Crippen LogP contribution in [0.1, 0.15) is 39.2 Å². The van der Waals surface area contributed by atoms with Gasteiger partial charge in [-0.25, -0.2) is 0 Å². The van der Waals surface area contributed by atoms with Gasteiger partial charge in [0.15, 0.2) is 0 Å². The SMILES string of the molecule is CCN(CC(=O)O)C1CCN(C(=O)C(C)(C)Cc2ccccc2)CC1. The number of hydrogen-bond acceptors (Lipinski definition) is 3. The van der Waals surface area contributed by atoms with Crippen molar-refractivity contribution in [2.24, 2.45) is 5.41 Å². The Balaban J connectivity index is 1.92. The molecule has 0 spiro atoms. The highest BCUT2D eigenvalue weighted by atomic mass is 16.4. The van der Waals surface area contributed by atoms with Gasteiger partial charge in [0.25, 0.3) is 0 Å². The lowest BCUT2D eigenvalue weighted by Crippen LogP contribution is -2.51. The van der Waals surface area contributed by atoms with Gasteiger partial charge < -0.3 is 10.0 Å². The Kier molecular flexibility index (Phi) is 6.59. The van der Waals surface area contributed by atoms with Gasteiger partial charge in [-0.15, -0.1) is 0 Å². The number of rotatable bonds is 7. The Labute approximate surface area is 150 Å². The Hall–Kier alpha value is -1.88. The molecule has 1 saturated heterocycles. The number of hydrogen-bond donors (Lipinski definition) is 1. The molecule has 0 radical (unpaired) electrons. The molecular formula is C20H30N2O3. The highest BCUT2D eigenvalue weighted by Crippen LogP contribution is 2.27. The third-order valence-electron chi connectivity index (χ3n) is 5.08. The second-order valence-electron chi connectivity index (χ2n) is 7.53. The van der Waals surface area contributed by atoms with Crippen molar-refractivity contribution in [2.75, 3.05) is 26.2 Å². The molecule has 5 heteroatoms. The number of benzene rings is 1. The summed E-state index contributed by atoms with van der Waals surface area (Å²) in [6.07, 6.45) is 2.41. The number of carboxylic acid groups (broad SMARTS) is 1. The van der Waals surface area contributed by atoms with E-state index in [1.54, 1.807) is 0 Å². The lowest BCUT2D eigenvalue weighted by molar-refractivity contribution is -0.143. The zero-order valence-corrected chi connectivity index (χ0v) is 15.6. The maximum absolute atomic E-state index is 13.0. The summed E-state index contributed by atoms with van der Waals surface area (Å²) in [6.45, 7) is 8.23. The molecule has 1 fully saturated rings. The Bertz CT molecular complexity index is 578. The molecule has 2 rings (SSSR count). The van der Waals surface area contributed by atoms with Crippen LogP contribution in [-0.4, -0.2) is 59.0 Å². The average molecular weight is 346 g/mol. The number of carbonyl (C=O) groups excluding carboxylic acids is 1. The molecule has 1 amide bonds. The monoisotopic (exact) mass is 346 g/mol. The van der Waals surface area contributed by atoms with E-state index in [4.69, 9.17) is 5.11 Å². The molecule has 138 valence electrons. The van der Waals surface area contributed by atoms with Crippen molar-refractivity contribution in [2.45, 2.75) is 46.1 Å². The quantitative estimate of drug-likeness (QED) is 0.824. The Morgan fingerprint density at radius 3 is 2.32 bits per heavy atom. The first kappa shape index (κ1) is 19.4. The van der Waals surface area contributed by atoms with Gasteiger partial charge in [-0.3, -0.25) is 14.5 Å². The maximum atomic E-state index is 13.0. The van der Waals surface area contributed by atoms with Crippen LogP contribution in [0, 0.1) is 5.41 Å². The van der Waals surface area contributed by atoms with Gasteiger partial charge in [0.05, 0.1) is 6.54 Å². The number of aliphatic carboxylic acids is 1.